The van der Waals surface area contributed by atoms with Gasteiger partial charge in [0.2, 0.25) is 5.43 Å². The van der Waals surface area contributed by atoms with Gasteiger partial charge in [0.25, 0.3) is 5.43 Å². The summed E-state index contributed by atoms with van der Waals surface area (Å²) in [5.41, 5.74) is -0.858. The van der Waals surface area contributed by atoms with Crippen LogP contribution in [-0.2, 0) is 0 Å². The van der Waals surface area contributed by atoms with E-state index < -0.39 is 10.9 Å². The average Bonchev–Trinajstić information content (AvgIpc) is 2.70. The van der Waals surface area contributed by atoms with E-state index in [9.17, 15) is 9.59 Å². The quantitative estimate of drug-likeness (QED) is 0.679. The van der Waals surface area contributed by atoms with Gasteiger partial charge in [-0.3, -0.25) is 9.59 Å². The summed E-state index contributed by atoms with van der Waals surface area (Å²) in [4.78, 5) is 22.3. The van der Waals surface area contributed by atoms with E-state index in [-0.39, 0.29) is 11.3 Å². The molecular formula is C10H8O4. The Kier molecular flexibility index (Phi) is 1.96. The largest absolute Gasteiger partial charge is 0.489 e. The van der Waals surface area contributed by atoms with Crippen molar-refractivity contribution in [1.82, 2.24) is 0 Å². The fourth-order valence-corrected chi connectivity index (χ4v) is 1.30. The van der Waals surface area contributed by atoms with Crippen LogP contribution in [0.15, 0.2) is 32.4 Å². The molecular weight excluding hydrogens is 184 g/mol. The third-order valence-electron chi connectivity index (χ3n) is 1.92. The van der Waals surface area contributed by atoms with E-state index in [0.29, 0.717) is 12.4 Å². The van der Waals surface area contributed by atoms with Crippen molar-refractivity contribution in [2.45, 2.75) is 6.92 Å². The number of hydrogen-bond acceptors (Lipinski definition) is 4. The lowest BCUT2D eigenvalue weighted by molar-refractivity contribution is 0.333. The number of ether oxygens (including phenoxy) is 1. The van der Waals surface area contributed by atoms with Crippen molar-refractivity contribution in [2.24, 2.45) is 0 Å². The van der Waals surface area contributed by atoms with Gasteiger partial charge in [0.15, 0.2) is 5.75 Å². The van der Waals surface area contributed by atoms with Crippen LogP contribution >= 0.6 is 0 Å². The zero-order valence-electron chi connectivity index (χ0n) is 7.57. The van der Waals surface area contributed by atoms with Gasteiger partial charge < -0.3 is 9.15 Å². The Morgan fingerprint density at radius 3 is 2.71 bits per heavy atom. The first-order valence-corrected chi connectivity index (χ1v) is 4.25. The van der Waals surface area contributed by atoms with Gasteiger partial charge in [-0.25, -0.2) is 0 Å². The van der Waals surface area contributed by atoms with Crippen molar-refractivity contribution >= 4 is 0 Å². The zero-order chi connectivity index (χ0) is 10.1. The van der Waals surface area contributed by atoms with E-state index in [1.165, 1.54) is 6.26 Å². The van der Waals surface area contributed by atoms with Crippen molar-refractivity contribution in [2.75, 3.05) is 6.61 Å². The third kappa shape index (κ3) is 1.08. The van der Waals surface area contributed by atoms with Gasteiger partial charge in [-0.1, -0.05) is 0 Å². The molecule has 0 fully saturated rings. The lowest BCUT2D eigenvalue weighted by Crippen LogP contribution is -2.34. The van der Waals surface area contributed by atoms with Crippen LogP contribution in [0.4, 0.5) is 0 Å². The molecule has 1 aromatic carbocycles. The molecule has 0 radical (unpaired) electrons. The van der Waals surface area contributed by atoms with Crippen LogP contribution in [0.1, 0.15) is 6.92 Å². The molecule has 0 unspecified atom stereocenters. The summed E-state index contributed by atoms with van der Waals surface area (Å²) in [5, 5.41) is 0. The first-order chi connectivity index (χ1) is 6.75. The summed E-state index contributed by atoms with van der Waals surface area (Å²) in [7, 11) is 0. The predicted molar refractivity (Wildman–Crippen MR) is 50.2 cm³/mol. The first-order valence-electron chi connectivity index (χ1n) is 4.25. The maximum absolute atomic E-state index is 11.2. The molecule has 0 saturated carbocycles. The van der Waals surface area contributed by atoms with Gasteiger partial charge >= 0.3 is 0 Å². The highest BCUT2D eigenvalue weighted by atomic mass is 16.5. The van der Waals surface area contributed by atoms with Crippen molar-refractivity contribution in [3.8, 4) is 17.1 Å². The van der Waals surface area contributed by atoms with Gasteiger partial charge in [0.1, 0.15) is 11.3 Å². The van der Waals surface area contributed by atoms with Crippen molar-refractivity contribution < 1.29 is 9.15 Å². The van der Waals surface area contributed by atoms with Gasteiger partial charge in [-0.2, -0.15) is 0 Å². The molecule has 2 rings (SSSR count). The van der Waals surface area contributed by atoms with E-state index in [0.717, 1.165) is 0 Å². The molecule has 4 nitrogen and oxygen atoms in total. The predicted octanol–water partition coefficient (Wildman–Crippen LogP) is 0.941. The molecule has 0 spiro atoms. The number of rotatable bonds is 3. The number of hydrogen-bond donors (Lipinski definition) is 0. The van der Waals surface area contributed by atoms with Gasteiger partial charge in [-0.05, 0) is 19.1 Å². The molecule has 0 amide bonds. The maximum Gasteiger partial charge on any atom is 0.269 e. The molecule has 0 aliphatic heterocycles. The molecule has 1 heterocycles. The zero-order valence-corrected chi connectivity index (χ0v) is 7.57. The van der Waals surface area contributed by atoms with E-state index >= 15 is 0 Å². The molecule has 2 aromatic rings. The lowest BCUT2D eigenvalue weighted by atomic mass is 10.1. The highest BCUT2D eigenvalue weighted by molar-refractivity contribution is 5.69. The molecule has 72 valence electrons. The molecule has 4 heteroatoms. The summed E-state index contributed by atoms with van der Waals surface area (Å²) in [6.07, 6.45) is 1.45. The summed E-state index contributed by atoms with van der Waals surface area (Å²) in [6.45, 7) is 2.11. The standard InChI is InChI=1S/C10H8O4/c1-2-13-10-7(8(11)9(10)12)6-4-3-5-14-6/h3-5H,2H2,1H3. The van der Waals surface area contributed by atoms with Crippen LogP contribution in [0, 0.1) is 0 Å². The van der Waals surface area contributed by atoms with Crippen molar-refractivity contribution in [3.63, 3.8) is 0 Å². The SMILES string of the molecule is CCOc1c(-c2ccco2)c(=O)c1=O. The van der Waals surface area contributed by atoms with Crippen LogP contribution < -0.4 is 15.6 Å². The second kappa shape index (κ2) is 3.14. The molecule has 0 atom stereocenters. The maximum atomic E-state index is 11.2. The van der Waals surface area contributed by atoms with Crippen LogP contribution in [0.2, 0.25) is 0 Å². The topological polar surface area (TPSA) is 56.5 Å². The van der Waals surface area contributed by atoms with Crippen LogP contribution in [0.25, 0.3) is 11.3 Å². The van der Waals surface area contributed by atoms with E-state index in [1.54, 1.807) is 19.1 Å². The lowest BCUT2D eigenvalue weighted by Gasteiger charge is -2.08. The molecule has 0 saturated heterocycles. The van der Waals surface area contributed by atoms with Gasteiger partial charge in [-0.15, -0.1) is 0 Å². The Bertz CT molecular complexity index is 500. The molecule has 0 bridgehead atoms. The van der Waals surface area contributed by atoms with Crippen LogP contribution in [-0.4, -0.2) is 6.61 Å². The molecule has 0 N–H and O–H groups in total. The highest BCUT2D eigenvalue weighted by Crippen LogP contribution is 2.25. The summed E-state index contributed by atoms with van der Waals surface area (Å²) in [6, 6.07) is 3.28. The normalized spacial score (nSPS) is 10.6. The minimum Gasteiger partial charge on any atom is -0.489 e. The third-order valence-corrected chi connectivity index (χ3v) is 1.92. The Morgan fingerprint density at radius 1 is 1.36 bits per heavy atom. The van der Waals surface area contributed by atoms with Crippen LogP contribution in [0.5, 0.6) is 5.75 Å². The summed E-state index contributed by atoms with van der Waals surface area (Å²) < 4.78 is 10.1. The Labute approximate surface area is 79.4 Å². The Morgan fingerprint density at radius 2 is 2.14 bits per heavy atom. The molecule has 14 heavy (non-hydrogen) atoms. The highest BCUT2D eigenvalue weighted by Gasteiger charge is 2.25. The van der Waals surface area contributed by atoms with E-state index in [4.69, 9.17) is 9.15 Å². The molecule has 0 aliphatic rings. The minimum atomic E-state index is -0.571. The first kappa shape index (κ1) is 8.74. The monoisotopic (exact) mass is 192 g/mol. The number of furan rings is 1. The summed E-state index contributed by atoms with van der Waals surface area (Å²) in [5.74, 6) is 0.505. The van der Waals surface area contributed by atoms with E-state index in [2.05, 4.69) is 0 Å². The fraction of sp³-hybridized carbons (Fsp3) is 0.200. The molecule has 1 aromatic heterocycles. The van der Waals surface area contributed by atoms with Gasteiger partial charge in [0.05, 0.1) is 12.9 Å². The fourth-order valence-electron chi connectivity index (χ4n) is 1.30. The smallest absolute Gasteiger partial charge is 0.269 e. The summed E-state index contributed by atoms with van der Waals surface area (Å²) >= 11 is 0. The second-order valence-electron chi connectivity index (χ2n) is 2.77. The van der Waals surface area contributed by atoms with Crippen LogP contribution in [0.3, 0.4) is 0 Å². The second-order valence-corrected chi connectivity index (χ2v) is 2.77. The average molecular weight is 192 g/mol. The van der Waals surface area contributed by atoms with Crippen molar-refractivity contribution in [1.29, 1.82) is 0 Å². The minimum absolute atomic E-state index is 0.118. The van der Waals surface area contributed by atoms with Gasteiger partial charge in [0, 0.05) is 0 Å². The Balaban J connectivity index is 2.50. The molecule has 0 aliphatic carbocycles. The van der Waals surface area contributed by atoms with E-state index in [1.807, 2.05) is 0 Å². The van der Waals surface area contributed by atoms with Crippen molar-refractivity contribution in [3.05, 3.63) is 38.8 Å². The Hall–Kier alpha value is -1.84.